The van der Waals surface area contributed by atoms with Gasteiger partial charge in [0.05, 0.1) is 17.9 Å². The van der Waals surface area contributed by atoms with Crippen LogP contribution in [0.5, 0.6) is 11.8 Å². The first kappa shape index (κ1) is 46.3. The van der Waals surface area contributed by atoms with Gasteiger partial charge in [0.2, 0.25) is 11.8 Å². The number of hydrogen-bond donors (Lipinski definition) is 3. The van der Waals surface area contributed by atoms with Crippen molar-refractivity contribution in [1.82, 2.24) is 35.0 Å². The van der Waals surface area contributed by atoms with Crippen molar-refractivity contribution >= 4 is 45.1 Å². The highest BCUT2D eigenvalue weighted by Gasteiger charge is 2.48. The van der Waals surface area contributed by atoms with Gasteiger partial charge >= 0.3 is 6.01 Å². The average Bonchev–Trinajstić information content (AvgIpc) is 3.84. The molecule has 4 saturated heterocycles. The Kier molecular flexibility index (Phi) is 11.6. The smallest absolute Gasteiger partial charge is 0.317 e. The molecule has 3 N–H and O–H groups in total. The van der Waals surface area contributed by atoms with Gasteiger partial charge in [-0.3, -0.25) is 24.7 Å². The summed E-state index contributed by atoms with van der Waals surface area (Å²) >= 11 is 0. The minimum Gasteiger partial charge on any atom is -0.508 e. The van der Waals surface area contributed by atoms with Gasteiger partial charge in [0, 0.05) is 98.5 Å². The Morgan fingerprint density at radius 3 is 2.54 bits per heavy atom. The lowest BCUT2D eigenvalue weighted by molar-refractivity contribution is -0.136. The fraction of sp³-hybridized carbons (Fsp3) is 0.536. The predicted octanol–water partition coefficient (Wildman–Crippen LogP) is 7.51. The van der Waals surface area contributed by atoms with E-state index in [1.165, 1.54) is 6.42 Å². The third-order valence-electron chi connectivity index (χ3n) is 17.4. The number of ether oxygens (including phenoxy) is 1. The Hall–Kier alpha value is -5.77. The highest BCUT2D eigenvalue weighted by molar-refractivity contribution is 6.05. The second-order valence-electron chi connectivity index (χ2n) is 22.8. The number of phenols is 1. The molecule has 7 aliphatic rings. The van der Waals surface area contributed by atoms with Crippen LogP contribution in [0.25, 0.3) is 32.9 Å². The quantitative estimate of drug-likeness (QED) is 0.106. The van der Waals surface area contributed by atoms with Crippen LogP contribution < -0.4 is 15.0 Å². The molecule has 5 aliphatic heterocycles. The first-order valence-electron chi connectivity index (χ1n) is 26.2. The number of aromatic hydroxyl groups is 1. The van der Waals surface area contributed by atoms with Crippen LogP contribution in [0, 0.1) is 22.6 Å². The van der Waals surface area contributed by atoms with Crippen LogP contribution in [-0.4, -0.2) is 128 Å². The molecule has 0 bridgehead atoms. The summed E-state index contributed by atoms with van der Waals surface area (Å²) in [6.45, 7) is 13.2. The average molecular weight is 965 g/mol. The summed E-state index contributed by atoms with van der Waals surface area (Å²) in [6.07, 6.45) is 11.5. The molecule has 14 nitrogen and oxygen atoms in total. The molecule has 4 atom stereocenters. The van der Waals surface area contributed by atoms with E-state index in [4.69, 9.17) is 19.7 Å². The van der Waals surface area contributed by atoms with Crippen molar-refractivity contribution < 1.29 is 33.7 Å². The number of carbonyl (C=O) groups is 3. The number of piperidine rings is 2. The standard InChI is InChI=1S/C56H65FN8O6/c1-3-35-6-4-7-36-23-40(66)24-42(46(35)36)49-47(57)50-43(26-58-49)48(37-8-5-14-54(2,70)25-37)60-53(61-50)71-33-56(15-16-56)32-62-19-13-34(27-62)28-63-30-55(31-63)17-20-64(21-18-55)39-9-10-41-38(22-39)29-65(52(41)69)44-11-12-45(67)59-51(44)68/h4,6-7,9-10,22-24,26,34,37,44,66,70H,3,5,8,11-21,25,27-33H2,1-2H3,(H,59,67,68)/t34-,37?,44?,54-/m1/s1. The molecule has 2 aromatic heterocycles. The fourth-order valence-corrected chi connectivity index (χ4v) is 13.4. The molecule has 71 heavy (non-hydrogen) atoms. The predicted molar refractivity (Wildman–Crippen MR) is 268 cm³/mol. The van der Waals surface area contributed by atoms with E-state index >= 15 is 4.39 Å². The van der Waals surface area contributed by atoms with Crippen LogP contribution in [0.15, 0.2) is 54.7 Å². The van der Waals surface area contributed by atoms with Crippen LogP contribution in [0.4, 0.5) is 10.1 Å². The highest BCUT2D eigenvalue weighted by atomic mass is 19.1. The van der Waals surface area contributed by atoms with Crippen molar-refractivity contribution in [2.75, 3.05) is 63.9 Å². The maximum atomic E-state index is 17.2. The second-order valence-corrected chi connectivity index (χ2v) is 22.8. The van der Waals surface area contributed by atoms with Crippen molar-refractivity contribution in [3.8, 4) is 23.0 Å². The topological polar surface area (TPSA) is 165 Å². The molecule has 15 heteroatoms. The first-order valence-corrected chi connectivity index (χ1v) is 26.2. The van der Waals surface area contributed by atoms with Gasteiger partial charge in [-0.25, -0.2) is 4.39 Å². The van der Waals surface area contributed by atoms with E-state index in [9.17, 15) is 24.6 Å². The third kappa shape index (κ3) is 8.79. The number of hydrogen-bond acceptors (Lipinski definition) is 12. The van der Waals surface area contributed by atoms with Crippen molar-refractivity contribution in [2.45, 2.75) is 115 Å². The summed E-state index contributed by atoms with van der Waals surface area (Å²) < 4.78 is 23.7. The minimum atomic E-state index is -0.853. The molecule has 7 heterocycles. The van der Waals surface area contributed by atoms with Crippen molar-refractivity contribution in [1.29, 1.82) is 0 Å². The number of halogens is 1. The van der Waals surface area contributed by atoms with E-state index in [0.717, 1.165) is 125 Å². The van der Waals surface area contributed by atoms with E-state index in [-0.39, 0.29) is 58.4 Å². The molecule has 2 unspecified atom stereocenters. The number of nitrogens with one attached hydrogen (secondary N) is 1. The van der Waals surface area contributed by atoms with E-state index in [2.05, 4.69) is 39.1 Å². The van der Waals surface area contributed by atoms with Gasteiger partial charge in [0.15, 0.2) is 5.82 Å². The van der Waals surface area contributed by atoms with E-state index in [0.29, 0.717) is 66.0 Å². The Morgan fingerprint density at radius 1 is 0.930 bits per heavy atom. The van der Waals surface area contributed by atoms with Crippen LogP contribution in [-0.2, 0) is 22.6 Å². The van der Waals surface area contributed by atoms with Gasteiger partial charge in [0.1, 0.15) is 23.0 Å². The van der Waals surface area contributed by atoms with Crippen molar-refractivity contribution in [2.24, 2.45) is 16.7 Å². The van der Waals surface area contributed by atoms with Gasteiger partial charge < -0.3 is 34.5 Å². The number of nitrogens with zero attached hydrogens (tertiary/aromatic N) is 7. The maximum Gasteiger partial charge on any atom is 0.317 e. The van der Waals surface area contributed by atoms with Crippen molar-refractivity contribution in [3.05, 3.63) is 82.9 Å². The third-order valence-corrected chi connectivity index (χ3v) is 17.4. The molecule has 3 amide bonds. The molecule has 0 radical (unpaired) electrons. The zero-order valence-corrected chi connectivity index (χ0v) is 41.0. The highest BCUT2D eigenvalue weighted by Crippen LogP contribution is 2.49. The number of benzene rings is 3. The number of aromatic nitrogens is 3. The number of fused-ring (bicyclic) bond motifs is 3. The van der Waals surface area contributed by atoms with Gasteiger partial charge in [0.25, 0.3) is 5.91 Å². The summed E-state index contributed by atoms with van der Waals surface area (Å²) in [4.78, 5) is 61.3. The maximum absolute atomic E-state index is 17.2. The molecule has 5 aromatic rings. The van der Waals surface area contributed by atoms with Crippen molar-refractivity contribution in [3.63, 3.8) is 0 Å². The monoisotopic (exact) mass is 965 g/mol. The number of likely N-dealkylation sites (tertiary alicyclic amines) is 2. The van der Waals surface area contributed by atoms with Crippen LogP contribution in [0.3, 0.4) is 0 Å². The minimum absolute atomic E-state index is 0.00303. The zero-order valence-electron chi connectivity index (χ0n) is 41.0. The van der Waals surface area contributed by atoms with Gasteiger partial charge in [-0.05, 0) is 148 Å². The van der Waals surface area contributed by atoms with Crippen LogP contribution in [0.1, 0.15) is 118 Å². The summed E-state index contributed by atoms with van der Waals surface area (Å²) in [7, 11) is 0. The molecule has 6 fully saturated rings. The van der Waals surface area contributed by atoms with Gasteiger partial charge in [-0.1, -0.05) is 25.1 Å². The SMILES string of the molecule is CCc1cccc2cc(O)cc(-c3ncc4c(C5CCC[C@@](C)(O)C5)nc(OCC5(CN6CC[C@@H](CN7CC8(CCN(c9ccc%10c(c9)CN(C9CCC(=O)NC9=O)C%10=O)CC8)C7)C6)CC5)nc4c3F)c12. The number of amides is 3. The molecule has 2 aliphatic carbocycles. The molecule has 1 spiro atoms. The molecular formula is C56H65FN8O6. The lowest BCUT2D eigenvalue weighted by atomic mass is 9.71. The number of pyridine rings is 1. The lowest BCUT2D eigenvalue weighted by Gasteiger charge is -2.55. The molecule has 372 valence electrons. The number of anilines is 1. The van der Waals surface area contributed by atoms with Gasteiger partial charge in [-0.2, -0.15) is 9.97 Å². The summed E-state index contributed by atoms with van der Waals surface area (Å²) in [5.41, 5.74) is 4.74. The zero-order chi connectivity index (χ0) is 48.8. The van der Waals surface area contributed by atoms with Crippen LogP contribution in [0.2, 0.25) is 0 Å². The number of phenolic OH excluding ortho intramolecular Hbond substituents is 1. The van der Waals surface area contributed by atoms with E-state index < -0.39 is 17.5 Å². The number of carbonyl (C=O) groups excluding carboxylic acids is 3. The number of aryl methyl sites for hydroxylation is 1. The van der Waals surface area contributed by atoms with E-state index in [1.54, 1.807) is 23.2 Å². The summed E-state index contributed by atoms with van der Waals surface area (Å²) in [5.74, 6) is -0.805. The van der Waals surface area contributed by atoms with Gasteiger partial charge in [-0.15, -0.1) is 0 Å². The molecule has 2 saturated carbocycles. The number of imide groups is 1. The summed E-state index contributed by atoms with van der Waals surface area (Å²) in [6, 6.07) is 14.8. The summed E-state index contributed by atoms with van der Waals surface area (Å²) in [5, 5.41) is 26.5. The Morgan fingerprint density at radius 2 is 1.76 bits per heavy atom. The normalized spacial score (nSPS) is 26.3. The Bertz CT molecular complexity index is 2960. The Labute approximate surface area is 414 Å². The lowest BCUT2D eigenvalue weighted by Crippen LogP contribution is -2.61. The first-order chi connectivity index (χ1) is 34.2. The largest absolute Gasteiger partial charge is 0.508 e. The van der Waals surface area contributed by atoms with E-state index in [1.807, 2.05) is 31.2 Å². The second kappa shape index (κ2) is 17.8. The molecular weight excluding hydrogens is 900 g/mol. The fourth-order valence-electron chi connectivity index (χ4n) is 13.4. The number of rotatable bonds is 12. The van der Waals surface area contributed by atoms with Crippen LogP contribution >= 0.6 is 0 Å². The Balaban J connectivity index is 0.670. The molecule has 3 aromatic carbocycles. The number of aliphatic hydroxyl groups is 1. The molecule has 12 rings (SSSR count).